The molecule has 0 unspecified atom stereocenters. The van der Waals surface area contributed by atoms with Crippen LogP contribution in [-0.2, 0) is 4.79 Å². The van der Waals surface area contributed by atoms with Gasteiger partial charge in [-0.2, -0.15) is 0 Å². The number of halogens is 2. The van der Waals surface area contributed by atoms with Crippen LogP contribution in [0.4, 0.5) is 11.5 Å². The fraction of sp³-hybridized carbons (Fsp3) is 0.350. The second-order valence-corrected chi connectivity index (χ2v) is 7.29. The Morgan fingerprint density at radius 3 is 2.53 bits per heavy atom. The predicted octanol–water partition coefficient (Wildman–Crippen LogP) is 5.81. The normalized spacial score (nSPS) is 10.5. The first kappa shape index (κ1) is 23.6. The number of carbonyl (C=O) groups excluding carboxylic acids is 2. The first-order valence-corrected chi connectivity index (χ1v) is 10.2. The van der Waals surface area contributed by atoms with Gasteiger partial charge in [-0.05, 0) is 52.2 Å². The first-order valence-electron chi connectivity index (χ1n) is 9.44. The maximum Gasteiger partial charge on any atom is 0.365 e. The first-order chi connectivity index (χ1) is 14.3. The van der Waals surface area contributed by atoms with E-state index in [2.05, 4.69) is 17.2 Å². The number of benzene rings is 1. The van der Waals surface area contributed by atoms with E-state index in [9.17, 15) is 19.7 Å². The topological polar surface area (TPSA) is 111 Å². The van der Waals surface area contributed by atoms with Gasteiger partial charge in [0, 0.05) is 17.5 Å². The summed E-state index contributed by atoms with van der Waals surface area (Å²) in [7, 11) is 0. The van der Waals surface area contributed by atoms with Crippen molar-refractivity contribution in [2.24, 2.45) is 0 Å². The molecule has 2 rings (SSSR count). The Morgan fingerprint density at radius 2 is 1.87 bits per heavy atom. The van der Waals surface area contributed by atoms with Gasteiger partial charge in [0.2, 0.25) is 0 Å². The third-order valence-electron chi connectivity index (χ3n) is 4.16. The number of esters is 1. The smallest absolute Gasteiger partial charge is 0.365 e. The van der Waals surface area contributed by atoms with E-state index in [1.165, 1.54) is 24.3 Å². The van der Waals surface area contributed by atoms with Gasteiger partial charge < -0.3 is 20.2 Å². The molecule has 1 aromatic heterocycles. The van der Waals surface area contributed by atoms with Crippen molar-refractivity contribution in [1.82, 2.24) is 4.98 Å². The molecule has 0 bridgehead atoms. The average Bonchev–Trinajstić information content (AvgIpc) is 2.70. The number of anilines is 1. The minimum atomic E-state index is -0.700. The Morgan fingerprint density at radius 1 is 1.13 bits per heavy atom. The van der Waals surface area contributed by atoms with Crippen LogP contribution in [0.1, 0.15) is 55.8 Å². The number of pyridine rings is 1. The Hall–Kier alpha value is -2.71. The highest BCUT2D eigenvalue weighted by molar-refractivity contribution is 6.33. The molecular weight excluding hydrogens is 433 g/mol. The van der Waals surface area contributed by atoms with Gasteiger partial charge in [0.05, 0.1) is 5.56 Å². The van der Waals surface area contributed by atoms with Gasteiger partial charge in [-0.15, -0.1) is 0 Å². The number of hydrogen-bond donors (Lipinski definition) is 1. The zero-order valence-corrected chi connectivity index (χ0v) is 17.8. The van der Waals surface area contributed by atoms with Gasteiger partial charge in [-0.1, -0.05) is 44.2 Å². The molecule has 8 nitrogen and oxygen atoms in total. The van der Waals surface area contributed by atoms with Crippen LogP contribution in [0.25, 0.3) is 0 Å². The van der Waals surface area contributed by atoms with Crippen molar-refractivity contribution in [3.05, 3.63) is 56.2 Å². The number of nitrogens with zero attached hydrogens (tertiary/aromatic N) is 2. The summed E-state index contributed by atoms with van der Waals surface area (Å²) >= 11 is 11.9. The van der Waals surface area contributed by atoms with E-state index in [1.807, 2.05) is 0 Å². The summed E-state index contributed by atoms with van der Waals surface area (Å²) in [6.45, 7) is 2.11. The average molecular weight is 454 g/mol. The monoisotopic (exact) mass is 453 g/mol. The van der Waals surface area contributed by atoms with Crippen molar-refractivity contribution in [1.29, 1.82) is 0 Å². The van der Waals surface area contributed by atoms with E-state index in [4.69, 9.17) is 27.9 Å². The summed E-state index contributed by atoms with van der Waals surface area (Å²) < 4.78 is 5.35. The van der Waals surface area contributed by atoms with Gasteiger partial charge in [-0.25, -0.2) is 0 Å². The van der Waals surface area contributed by atoms with E-state index >= 15 is 0 Å². The van der Waals surface area contributed by atoms with Crippen LogP contribution in [0.15, 0.2) is 30.3 Å². The molecule has 160 valence electrons. The van der Waals surface area contributed by atoms with Crippen molar-refractivity contribution in [3.8, 4) is 5.75 Å². The molecule has 0 fully saturated rings. The fourth-order valence-electron chi connectivity index (χ4n) is 2.62. The molecule has 0 aliphatic rings. The Balaban J connectivity index is 2.09. The van der Waals surface area contributed by atoms with Crippen molar-refractivity contribution >= 4 is 46.6 Å². The van der Waals surface area contributed by atoms with Crippen LogP contribution in [0, 0.1) is 10.1 Å². The van der Waals surface area contributed by atoms with Gasteiger partial charge in [-0.3, -0.25) is 9.59 Å². The molecule has 1 aromatic carbocycles. The third-order valence-corrected chi connectivity index (χ3v) is 4.69. The summed E-state index contributed by atoms with van der Waals surface area (Å²) in [6, 6.07) is 6.66. The van der Waals surface area contributed by atoms with E-state index in [1.54, 1.807) is 0 Å². The number of nitro groups is 1. The van der Waals surface area contributed by atoms with Gasteiger partial charge in [0.25, 0.3) is 11.1 Å². The number of carbonyl (C=O) groups is 2. The molecule has 30 heavy (non-hydrogen) atoms. The van der Waals surface area contributed by atoms with Gasteiger partial charge in [0.1, 0.15) is 11.4 Å². The van der Waals surface area contributed by atoms with E-state index in [0.717, 1.165) is 31.7 Å². The lowest BCUT2D eigenvalue weighted by atomic mass is 10.1. The van der Waals surface area contributed by atoms with Crippen LogP contribution >= 0.6 is 23.2 Å². The number of unbranched alkanes of at least 4 members (excludes halogenated alkanes) is 4. The largest absolute Gasteiger partial charge is 0.426 e. The Labute approximate surface area is 183 Å². The lowest BCUT2D eigenvalue weighted by molar-refractivity contribution is -0.389. The maximum absolute atomic E-state index is 12.7. The number of ether oxygens (including phenoxy) is 1. The van der Waals surface area contributed by atoms with Crippen LogP contribution in [0.5, 0.6) is 5.75 Å². The standard InChI is InChI=1S/C20H21Cl2N3O5/c1-2-3-4-5-6-7-18(26)30-16-10-8-13(21)12-14(16)20(27)23-15-9-11-17(25(28)29)24-19(15)22/h8-12H,2-7H2,1H3,(H,23,27). The molecule has 0 aliphatic heterocycles. The molecule has 0 atom stereocenters. The van der Waals surface area contributed by atoms with Crippen LogP contribution in [0.3, 0.4) is 0 Å². The highest BCUT2D eigenvalue weighted by Crippen LogP contribution is 2.27. The summed E-state index contributed by atoms with van der Waals surface area (Å²) in [5, 5.41) is 13.3. The molecule has 0 saturated carbocycles. The van der Waals surface area contributed by atoms with Gasteiger partial charge in [0.15, 0.2) is 0 Å². The minimum Gasteiger partial charge on any atom is -0.426 e. The number of aromatic nitrogens is 1. The lowest BCUT2D eigenvalue weighted by Crippen LogP contribution is -2.16. The van der Waals surface area contributed by atoms with E-state index < -0.39 is 22.6 Å². The summed E-state index contributed by atoms with van der Waals surface area (Å²) in [4.78, 5) is 38.5. The van der Waals surface area contributed by atoms with Crippen molar-refractivity contribution < 1.29 is 19.2 Å². The summed E-state index contributed by atoms with van der Waals surface area (Å²) in [5.41, 5.74) is 0.0942. The molecule has 2 aromatic rings. The van der Waals surface area contributed by atoms with E-state index in [-0.39, 0.29) is 33.6 Å². The fourth-order valence-corrected chi connectivity index (χ4v) is 2.99. The minimum absolute atomic E-state index is 0.0243. The number of rotatable bonds is 10. The van der Waals surface area contributed by atoms with E-state index in [0.29, 0.717) is 6.42 Å². The molecule has 0 saturated heterocycles. The van der Waals surface area contributed by atoms with Crippen molar-refractivity contribution in [3.63, 3.8) is 0 Å². The van der Waals surface area contributed by atoms with Crippen molar-refractivity contribution in [2.45, 2.75) is 45.4 Å². The molecular formula is C20H21Cl2N3O5. The molecule has 0 radical (unpaired) electrons. The molecule has 1 heterocycles. The highest BCUT2D eigenvalue weighted by Gasteiger charge is 2.20. The molecule has 1 amide bonds. The maximum atomic E-state index is 12.7. The number of amides is 1. The predicted molar refractivity (Wildman–Crippen MR) is 114 cm³/mol. The molecule has 0 aliphatic carbocycles. The van der Waals surface area contributed by atoms with Crippen LogP contribution in [-0.4, -0.2) is 21.8 Å². The molecule has 0 spiro atoms. The molecule has 1 N–H and O–H groups in total. The van der Waals surface area contributed by atoms with Crippen molar-refractivity contribution in [2.75, 3.05) is 5.32 Å². The Bertz CT molecular complexity index is 937. The number of nitrogens with one attached hydrogen (secondary N) is 1. The third kappa shape index (κ3) is 6.96. The van der Waals surface area contributed by atoms with Crippen LogP contribution < -0.4 is 10.1 Å². The zero-order valence-electron chi connectivity index (χ0n) is 16.3. The second kappa shape index (κ2) is 11.5. The number of hydrogen-bond acceptors (Lipinski definition) is 6. The summed E-state index contributed by atoms with van der Waals surface area (Å²) in [5.74, 6) is -1.49. The Kier molecular flexibility index (Phi) is 9.01. The second-order valence-electron chi connectivity index (χ2n) is 6.50. The highest BCUT2D eigenvalue weighted by atomic mass is 35.5. The SMILES string of the molecule is CCCCCCCC(=O)Oc1ccc(Cl)cc1C(=O)Nc1ccc([N+](=O)[O-])nc1Cl. The van der Waals surface area contributed by atoms with Crippen LogP contribution in [0.2, 0.25) is 10.2 Å². The zero-order chi connectivity index (χ0) is 22.1. The lowest BCUT2D eigenvalue weighted by Gasteiger charge is -2.11. The van der Waals surface area contributed by atoms with Gasteiger partial charge >= 0.3 is 11.8 Å². The quantitative estimate of drug-likeness (QED) is 0.121. The summed E-state index contributed by atoms with van der Waals surface area (Å²) in [6.07, 6.45) is 5.17. The molecule has 10 heteroatoms.